The first-order chi connectivity index (χ1) is 16.3. The highest BCUT2D eigenvalue weighted by molar-refractivity contribution is 7.88. The first-order valence-electron chi connectivity index (χ1n) is 11.1. The third-order valence-corrected chi connectivity index (χ3v) is 6.85. The van der Waals surface area contributed by atoms with E-state index in [0.29, 0.717) is 11.5 Å². The maximum absolute atomic E-state index is 13.0. The molecule has 5 heteroatoms. The number of sulfonamides is 1. The Labute approximate surface area is 203 Å². The van der Waals surface area contributed by atoms with Gasteiger partial charge in [0.1, 0.15) is 5.84 Å². The largest absolute Gasteiger partial charge is 0.256 e. The van der Waals surface area contributed by atoms with Gasteiger partial charge in [0.05, 0.1) is 11.4 Å². The summed E-state index contributed by atoms with van der Waals surface area (Å²) in [6, 6.07) is 36.5. The van der Waals surface area contributed by atoms with E-state index in [1.54, 1.807) is 7.05 Å². The van der Waals surface area contributed by atoms with Crippen molar-refractivity contribution in [1.29, 1.82) is 0 Å². The number of aryl methyl sites for hydroxylation is 2. The smallest absolute Gasteiger partial charge is 0.240 e. The lowest BCUT2D eigenvalue weighted by Crippen LogP contribution is -2.34. The summed E-state index contributed by atoms with van der Waals surface area (Å²) >= 11 is 0. The van der Waals surface area contributed by atoms with Crippen molar-refractivity contribution in [3.05, 3.63) is 138 Å². The molecule has 0 radical (unpaired) electrons. The second-order valence-corrected chi connectivity index (χ2v) is 10.0. The Hall–Kier alpha value is -3.70. The highest BCUT2D eigenvalue weighted by Crippen LogP contribution is 2.19. The van der Waals surface area contributed by atoms with Crippen LogP contribution in [0.4, 0.5) is 5.69 Å². The van der Waals surface area contributed by atoms with Gasteiger partial charge in [0, 0.05) is 12.6 Å². The van der Waals surface area contributed by atoms with Gasteiger partial charge in [0.25, 0.3) is 0 Å². The minimum absolute atomic E-state index is 0.0793. The molecule has 0 saturated carbocycles. The van der Waals surface area contributed by atoms with Gasteiger partial charge in [-0.1, -0.05) is 114 Å². The van der Waals surface area contributed by atoms with Crippen molar-refractivity contribution < 1.29 is 8.42 Å². The van der Waals surface area contributed by atoms with E-state index < -0.39 is 10.0 Å². The molecule has 0 saturated heterocycles. The number of amidine groups is 1. The van der Waals surface area contributed by atoms with E-state index in [9.17, 15) is 8.42 Å². The molecular formula is C29H30N2O2S. The van der Waals surface area contributed by atoms with Gasteiger partial charge in [-0.2, -0.15) is 0 Å². The number of rotatable bonds is 5. The summed E-state index contributed by atoms with van der Waals surface area (Å²) < 4.78 is 27.3. The first-order valence-corrected chi connectivity index (χ1v) is 12.7. The lowest BCUT2D eigenvalue weighted by molar-refractivity contribution is 0.551. The zero-order chi connectivity index (χ0) is 24.4. The highest BCUT2D eigenvalue weighted by atomic mass is 32.2. The van der Waals surface area contributed by atoms with Crippen LogP contribution < -0.4 is 0 Å². The Morgan fingerprint density at radius 3 is 1.65 bits per heavy atom. The molecule has 0 aliphatic heterocycles. The summed E-state index contributed by atoms with van der Waals surface area (Å²) in [6.07, 6.45) is 0. The van der Waals surface area contributed by atoms with Crippen molar-refractivity contribution >= 4 is 21.5 Å². The van der Waals surface area contributed by atoms with Crippen molar-refractivity contribution in [3.63, 3.8) is 0 Å². The van der Waals surface area contributed by atoms with E-state index in [4.69, 9.17) is 0 Å². The van der Waals surface area contributed by atoms with Gasteiger partial charge < -0.3 is 0 Å². The molecule has 0 heterocycles. The summed E-state index contributed by atoms with van der Waals surface area (Å²) in [7, 11) is -2.03. The molecule has 0 unspecified atom stereocenters. The van der Waals surface area contributed by atoms with E-state index in [1.807, 2.05) is 110 Å². The van der Waals surface area contributed by atoms with Crippen LogP contribution in [-0.2, 0) is 15.8 Å². The average Bonchev–Trinajstić information content (AvgIpc) is 2.85. The lowest BCUT2D eigenvalue weighted by atomic mass is 10.2. The molecule has 0 N–H and O–H groups in total. The lowest BCUT2D eigenvalue weighted by Gasteiger charge is -2.22. The standard InChI is InChI=1S/C22H22N2O2S.C7H8/c1-18-13-15-21(16-14-18)23-22(20-11-7-4-8-12-20)24(2)27(25,26)17-19-9-5-3-6-10-19;1-7-5-3-2-4-6-7/h3-16H,17H2,1-2H3;2-6H,1H3. The van der Waals surface area contributed by atoms with Gasteiger partial charge in [-0.25, -0.2) is 13.4 Å². The minimum Gasteiger partial charge on any atom is -0.256 e. The Morgan fingerprint density at radius 1 is 0.676 bits per heavy atom. The Balaban J connectivity index is 0.000000396. The number of benzene rings is 4. The van der Waals surface area contributed by atoms with Crippen LogP contribution >= 0.6 is 0 Å². The molecule has 0 aliphatic carbocycles. The van der Waals surface area contributed by atoms with Gasteiger partial charge in [-0.3, -0.25) is 4.31 Å². The monoisotopic (exact) mass is 470 g/mol. The van der Waals surface area contributed by atoms with E-state index in [0.717, 1.165) is 16.7 Å². The Kier molecular flexibility index (Phi) is 8.77. The third kappa shape index (κ3) is 7.42. The van der Waals surface area contributed by atoms with Crippen molar-refractivity contribution in [2.75, 3.05) is 7.05 Å². The predicted molar refractivity (Wildman–Crippen MR) is 142 cm³/mol. The fraction of sp³-hybridized carbons (Fsp3) is 0.138. The molecule has 0 aromatic heterocycles. The summed E-state index contributed by atoms with van der Waals surface area (Å²) in [5.41, 5.74) is 4.65. The zero-order valence-electron chi connectivity index (χ0n) is 19.8. The van der Waals surface area contributed by atoms with Crippen LogP contribution in [0, 0.1) is 13.8 Å². The van der Waals surface area contributed by atoms with Crippen molar-refractivity contribution in [2.45, 2.75) is 19.6 Å². The van der Waals surface area contributed by atoms with Crippen molar-refractivity contribution in [1.82, 2.24) is 4.31 Å². The number of nitrogens with zero attached hydrogens (tertiary/aromatic N) is 2. The quantitative estimate of drug-likeness (QED) is 0.246. The molecule has 0 atom stereocenters. The predicted octanol–water partition coefficient (Wildman–Crippen LogP) is 6.53. The second kappa shape index (κ2) is 12.0. The van der Waals surface area contributed by atoms with E-state index in [2.05, 4.69) is 24.0 Å². The molecule has 4 nitrogen and oxygen atoms in total. The van der Waals surface area contributed by atoms with Crippen LogP contribution in [-0.4, -0.2) is 25.6 Å². The fourth-order valence-electron chi connectivity index (χ4n) is 3.19. The van der Waals surface area contributed by atoms with Crippen LogP contribution in [0.1, 0.15) is 22.3 Å². The number of hydrogen-bond acceptors (Lipinski definition) is 3. The maximum Gasteiger partial charge on any atom is 0.240 e. The van der Waals surface area contributed by atoms with E-state index in [1.165, 1.54) is 9.87 Å². The molecule has 34 heavy (non-hydrogen) atoms. The van der Waals surface area contributed by atoms with Gasteiger partial charge in [0.15, 0.2) is 0 Å². The summed E-state index contributed by atoms with van der Waals surface area (Å²) in [4.78, 5) is 4.64. The van der Waals surface area contributed by atoms with Crippen LogP contribution in [0.25, 0.3) is 0 Å². The molecule has 4 aromatic rings. The maximum atomic E-state index is 13.0. The third-order valence-electron chi connectivity index (χ3n) is 5.15. The van der Waals surface area contributed by atoms with Gasteiger partial charge >= 0.3 is 0 Å². The highest BCUT2D eigenvalue weighted by Gasteiger charge is 2.23. The van der Waals surface area contributed by atoms with Gasteiger partial charge in [0.2, 0.25) is 10.0 Å². The molecule has 0 fully saturated rings. The molecule has 0 spiro atoms. The summed E-state index contributed by atoms with van der Waals surface area (Å²) in [6.45, 7) is 4.09. The van der Waals surface area contributed by atoms with Crippen molar-refractivity contribution in [3.8, 4) is 0 Å². The SMILES string of the molecule is Cc1ccc(N=C(c2ccccc2)N(C)S(=O)(=O)Cc2ccccc2)cc1.Cc1ccccc1. The number of aliphatic imine (C=N–C) groups is 1. The van der Waals surface area contributed by atoms with E-state index in [-0.39, 0.29) is 5.75 Å². The van der Waals surface area contributed by atoms with Crippen LogP contribution in [0.3, 0.4) is 0 Å². The molecule has 0 bridgehead atoms. The second-order valence-electron chi connectivity index (χ2n) is 8.00. The topological polar surface area (TPSA) is 49.7 Å². The molecule has 0 aliphatic rings. The Bertz CT molecular complexity index is 1290. The van der Waals surface area contributed by atoms with Crippen molar-refractivity contribution in [2.24, 2.45) is 4.99 Å². The minimum atomic E-state index is -3.59. The summed E-state index contributed by atoms with van der Waals surface area (Å²) in [5.74, 6) is 0.319. The zero-order valence-corrected chi connectivity index (χ0v) is 20.6. The normalized spacial score (nSPS) is 11.3. The first kappa shape index (κ1) is 24.9. The average molecular weight is 471 g/mol. The van der Waals surface area contributed by atoms with Crippen LogP contribution in [0.15, 0.2) is 120 Å². The molecule has 4 rings (SSSR count). The van der Waals surface area contributed by atoms with Gasteiger partial charge in [-0.15, -0.1) is 0 Å². The van der Waals surface area contributed by atoms with Crippen LogP contribution in [0.5, 0.6) is 0 Å². The summed E-state index contributed by atoms with van der Waals surface area (Å²) in [5, 5.41) is 0. The van der Waals surface area contributed by atoms with Gasteiger partial charge in [-0.05, 0) is 31.5 Å². The molecule has 0 amide bonds. The Morgan fingerprint density at radius 2 is 1.15 bits per heavy atom. The molecule has 174 valence electrons. The molecular weight excluding hydrogens is 440 g/mol. The number of hydrogen-bond donors (Lipinski definition) is 0. The molecule has 4 aromatic carbocycles. The van der Waals surface area contributed by atoms with E-state index >= 15 is 0 Å². The fourth-order valence-corrected chi connectivity index (χ4v) is 4.41. The van der Waals surface area contributed by atoms with Crippen LogP contribution in [0.2, 0.25) is 0 Å².